The fraction of sp³-hybridized carbons (Fsp3) is 0.0909. The Balaban J connectivity index is 2.26. The van der Waals surface area contributed by atoms with Gasteiger partial charge in [-0.25, -0.2) is 15.0 Å². The van der Waals surface area contributed by atoms with Crippen LogP contribution in [0.4, 0.5) is 11.5 Å². The van der Waals surface area contributed by atoms with Gasteiger partial charge in [-0.1, -0.05) is 0 Å². The lowest BCUT2D eigenvalue weighted by Gasteiger charge is -2.08. The largest absolute Gasteiger partial charge is 0.372 e. The third-order valence-electron chi connectivity index (χ3n) is 2.15. The number of hydrogen-bond acceptors (Lipinski definition) is 5. The van der Waals surface area contributed by atoms with Crippen LogP contribution < -0.4 is 10.6 Å². The van der Waals surface area contributed by atoms with Crippen LogP contribution in [-0.4, -0.2) is 27.9 Å². The van der Waals surface area contributed by atoms with Crippen LogP contribution in [0.2, 0.25) is 0 Å². The van der Waals surface area contributed by atoms with Crippen molar-refractivity contribution in [2.24, 2.45) is 0 Å². The van der Waals surface area contributed by atoms with Crippen LogP contribution >= 0.6 is 15.9 Å². The third-order valence-corrected chi connectivity index (χ3v) is 2.59. The Morgan fingerprint density at radius 2 is 2.00 bits per heavy atom. The quantitative estimate of drug-likeness (QED) is 0.905. The molecule has 0 radical (unpaired) electrons. The fourth-order valence-corrected chi connectivity index (χ4v) is 1.70. The van der Waals surface area contributed by atoms with Gasteiger partial charge in [0.25, 0.3) is 5.91 Å². The zero-order chi connectivity index (χ0) is 13.0. The molecular formula is C11H10BrN5O. The topological polar surface area (TPSA) is 79.8 Å². The van der Waals surface area contributed by atoms with Gasteiger partial charge in [0.2, 0.25) is 0 Å². The minimum atomic E-state index is -0.275. The summed E-state index contributed by atoms with van der Waals surface area (Å²) < 4.78 is 0.732. The van der Waals surface area contributed by atoms with E-state index in [-0.39, 0.29) is 5.91 Å². The molecule has 0 atom stereocenters. The Morgan fingerprint density at radius 3 is 2.67 bits per heavy atom. The minimum Gasteiger partial charge on any atom is -0.372 e. The summed E-state index contributed by atoms with van der Waals surface area (Å²) in [5.41, 5.74) is 0.972. The molecule has 0 aliphatic heterocycles. The Kier molecular flexibility index (Phi) is 3.83. The molecule has 0 aliphatic rings. The van der Waals surface area contributed by atoms with Crippen molar-refractivity contribution < 1.29 is 4.79 Å². The molecule has 1 amide bonds. The zero-order valence-corrected chi connectivity index (χ0v) is 11.1. The van der Waals surface area contributed by atoms with Gasteiger partial charge in [0, 0.05) is 17.7 Å². The van der Waals surface area contributed by atoms with Crippen molar-refractivity contribution in [2.75, 3.05) is 17.7 Å². The number of hydrogen-bond donors (Lipinski definition) is 2. The SMILES string of the molecule is CNc1ncc(Br)cc1C(=O)Nc1cncnc1. The second kappa shape index (κ2) is 5.54. The van der Waals surface area contributed by atoms with Crippen LogP contribution in [0, 0.1) is 0 Å². The van der Waals surface area contributed by atoms with Crippen LogP contribution in [0.25, 0.3) is 0 Å². The Morgan fingerprint density at radius 1 is 1.28 bits per heavy atom. The van der Waals surface area contributed by atoms with Gasteiger partial charge >= 0.3 is 0 Å². The third kappa shape index (κ3) is 2.80. The highest BCUT2D eigenvalue weighted by atomic mass is 79.9. The zero-order valence-electron chi connectivity index (χ0n) is 9.51. The minimum absolute atomic E-state index is 0.275. The predicted molar refractivity (Wildman–Crippen MR) is 71.5 cm³/mol. The van der Waals surface area contributed by atoms with E-state index in [4.69, 9.17) is 0 Å². The van der Waals surface area contributed by atoms with Crippen LogP contribution in [0.15, 0.2) is 35.5 Å². The summed E-state index contributed by atoms with van der Waals surface area (Å²) in [6.07, 6.45) is 6.06. The van der Waals surface area contributed by atoms with Crippen molar-refractivity contribution in [3.8, 4) is 0 Å². The maximum Gasteiger partial charge on any atom is 0.259 e. The summed E-state index contributed by atoms with van der Waals surface area (Å²) in [5, 5.41) is 5.56. The number of halogens is 1. The first-order valence-corrected chi connectivity index (χ1v) is 5.89. The van der Waals surface area contributed by atoms with Gasteiger partial charge in [0.05, 0.1) is 23.6 Å². The van der Waals surface area contributed by atoms with Crippen LogP contribution in [-0.2, 0) is 0 Å². The van der Waals surface area contributed by atoms with E-state index in [0.29, 0.717) is 17.1 Å². The number of nitrogens with zero attached hydrogens (tertiary/aromatic N) is 3. The molecule has 2 N–H and O–H groups in total. The number of pyridine rings is 1. The summed E-state index contributed by atoms with van der Waals surface area (Å²) >= 11 is 3.28. The summed E-state index contributed by atoms with van der Waals surface area (Å²) in [5.74, 6) is 0.232. The van der Waals surface area contributed by atoms with E-state index < -0.39 is 0 Å². The van der Waals surface area contributed by atoms with Crippen molar-refractivity contribution in [3.05, 3.63) is 41.0 Å². The van der Waals surface area contributed by atoms with Gasteiger partial charge in [-0.05, 0) is 22.0 Å². The maximum absolute atomic E-state index is 12.1. The molecule has 0 spiro atoms. The van der Waals surface area contributed by atoms with Crippen molar-refractivity contribution in [1.29, 1.82) is 0 Å². The van der Waals surface area contributed by atoms with E-state index in [1.54, 1.807) is 19.3 Å². The number of anilines is 2. The van der Waals surface area contributed by atoms with Crippen molar-refractivity contribution in [3.63, 3.8) is 0 Å². The van der Waals surface area contributed by atoms with Crippen molar-refractivity contribution in [1.82, 2.24) is 15.0 Å². The lowest BCUT2D eigenvalue weighted by atomic mass is 10.2. The first kappa shape index (κ1) is 12.4. The molecule has 2 rings (SSSR count). The summed E-state index contributed by atoms with van der Waals surface area (Å²) in [7, 11) is 1.71. The summed E-state index contributed by atoms with van der Waals surface area (Å²) in [6.45, 7) is 0. The number of carbonyl (C=O) groups is 1. The molecule has 0 saturated heterocycles. The van der Waals surface area contributed by atoms with Crippen LogP contribution in [0.3, 0.4) is 0 Å². The molecule has 0 fully saturated rings. The molecule has 0 aliphatic carbocycles. The number of rotatable bonds is 3. The normalized spacial score (nSPS) is 9.89. The van der Waals surface area contributed by atoms with Crippen molar-refractivity contribution in [2.45, 2.75) is 0 Å². The van der Waals surface area contributed by atoms with Gasteiger partial charge in [0.1, 0.15) is 12.1 Å². The van der Waals surface area contributed by atoms with Gasteiger partial charge in [0.15, 0.2) is 0 Å². The molecule has 2 aromatic rings. The Labute approximate surface area is 112 Å². The van der Waals surface area contributed by atoms with E-state index in [2.05, 4.69) is 41.5 Å². The first-order chi connectivity index (χ1) is 8.70. The standard InChI is InChI=1S/C11H10BrN5O/c1-13-10-9(2-7(12)3-16-10)11(18)17-8-4-14-6-15-5-8/h2-6H,1H3,(H,13,16)(H,17,18). The highest BCUT2D eigenvalue weighted by Gasteiger charge is 2.13. The van der Waals surface area contributed by atoms with Crippen LogP contribution in [0.1, 0.15) is 10.4 Å². The molecule has 18 heavy (non-hydrogen) atoms. The summed E-state index contributed by atoms with van der Waals surface area (Å²) in [6, 6.07) is 1.69. The van der Waals surface area contributed by atoms with E-state index in [1.165, 1.54) is 18.7 Å². The first-order valence-electron chi connectivity index (χ1n) is 5.10. The van der Waals surface area contributed by atoms with E-state index in [1.807, 2.05) is 0 Å². The van der Waals surface area contributed by atoms with Crippen LogP contribution in [0.5, 0.6) is 0 Å². The lowest BCUT2D eigenvalue weighted by Crippen LogP contribution is -2.15. The van der Waals surface area contributed by atoms with E-state index in [9.17, 15) is 4.79 Å². The molecule has 2 aromatic heterocycles. The number of aromatic nitrogens is 3. The molecule has 0 unspecified atom stereocenters. The molecule has 7 heteroatoms. The average molecular weight is 308 g/mol. The number of amides is 1. The van der Waals surface area contributed by atoms with Gasteiger partial charge in [-0.2, -0.15) is 0 Å². The van der Waals surface area contributed by atoms with Gasteiger partial charge in [-0.15, -0.1) is 0 Å². The molecule has 0 aromatic carbocycles. The maximum atomic E-state index is 12.1. The van der Waals surface area contributed by atoms with E-state index in [0.717, 1.165) is 4.47 Å². The van der Waals surface area contributed by atoms with E-state index >= 15 is 0 Å². The highest BCUT2D eigenvalue weighted by molar-refractivity contribution is 9.10. The van der Waals surface area contributed by atoms with Gasteiger partial charge in [-0.3, -0.25) is 4.79 Å². The summed E-state index contributed by atoms with van der Waals surface area (Å²) in [4.78, 5) is 23.8. The lowest BCUT2D eigenvalue weighted by molar-refractivity contribution is 0.102. The second-order valence-electron chi connectivity index (χ2n) is 3.38. The monoisotopic (exact) mass is 307 g/mol. The van der Waals surface area contributed by atoms with Gasteiger partial charge < -0.3 is 10.6 Å². The molecular weight excluding hydrogens is 298 g/mol. The number of carbonyl (C=O) groups excluding carboxylic acids is 1. The van der Waals surface area contributed by atoms with Crippen molar-refractivity contribution >= 4 is 33.3 Å². The average Bonchev–Trinajstić information content (AvgIpc) is 2.40. The molecule has 6 nitrogen and oxygen atoms in total. The number of nitrogens with one attached hydrogen (secondary N) is 2. The Hall–Kier alpha value is -2.02. The molecule has 92 valence electrons. The Bertz CT molecular complexity index is 561. The molecule has 2 heterocycles. The molecule has 0 bridgehead atoms. The highest BCUT2D eigenvalue weighted by Crippen LogP contribution is 2.18. The second-order valence-corrected chi connectivity index (χ2v) is 4.30. The molecule has 0 saturated carbocycles. The predicted octanol–water partition coefficient (Wildman–Crippen LogP) is 1.93. The fourth-order valence-electron chi connectivity index (χ4n) is 1.37. The smallest absolute Gasteiger partial charge is 0.259 e.